The molecule has 0 amide bonds. The van der Waals surface area contributed by atoms with Crippen LogP contribution in [-0.4, -0.2) is 68.2 Å². The maximum absolute atomic E-state index is 8.89. The van der Waals surface area contributed by atoms with Crippen LogP contribution in [0.4, 0.5) is 0 Å². The Hall–Kier alpha value is -1.13. The number of carbonyl (C=O) groups excluding carboxylic acids is 2. The van der Waals surface area contributed by atoms with E-state index < -0.39 is 22.1 Å². The molecule has 0 radical (unpaired) electrons. The molecular weight excluding hydrogens is 285 g/mol. The Morgan fingerprint density at radius 3 is 0.722 bits per heavy atom. The van der Waals surface area contributed by atoms with Crippen LogP contribution in [0.25, 0.3) is 0 Å². The molecule has 0 aromatic carbocycles. The fourth-order valence-corrected chi connectivity index (χ4v) is 0. The van der Waals surface area contributed by atoms with Crippen LogP contribution in [0.2, 0.25) is 0 Å². The third kappa shape index (κ3) is 2250. The van der Waals surface area contributed by atoms with Crippen LogP contribution in [0, 0.1) is 30.6 Å². The minimum atomic E-state index is -1.75. The topological polar surface area (TPSA) is 213 Å². The minimum Gasteiger partial charge on any atom is -0.550 e. The SMILES string of the molecule is CC(=O)[O-].CC(=O)[O-].O=[N+]([O-])[O-].O=[N+]([O-])[O-].[Mg+2].[Mg+2]. The quantitative estimate of drug-likeness (QED) is 0.241. The first-order valence-electron chi connectivity index (χ1n) is 2.91. The molecule has 0 atom stereocenters. The van der Waals surface area contributed by atoms with Crippen molar-refractivity contribution in [1.29, 1.82) is 0 Å². The molecule has 0 bridgehead atoms. The second-order valence-corrected chi connectivity index (χ2v) is 1.43. The van der Waals surface area contributed by atoms with E-state index in [1.54, 1.807) is 0 Å². The zero-order chi connectivity index (χ0) is 14.3. The first kappa shape index (κ1) is 36.0. The molecular formula is C4H6Mg2N2O10. The first-order valence-corrected chi connectivity index (χ1v) is 2.91. The minimum absolute atomic E-state index is 0. The molecule has 0 saturated heterocycles. The fourth-order valence-electron chi connectivity index (χ4n) is 0. The van der Waals surface area contributed by atoms with Crippen LogP contribution in [-0.2, 0) is 9.59 Å². The summed E-state index contributed by atoms with van der Waals surface area (Å²) < 4.78 is 0. The predicted molar refractivity (Wildman–Crippen MR) is 53.6 cm³/mol. The molecule has 0 heterocycles. The van der Waals surface area contributed by atoms with Gasteiger partial charge in [0, 0.05) is 11.9 Å². The summed E-state index contributed by atoms with van der Waals surface area (Å²) in [4.78, 5) is 34.3. The maximum atomic E-state index is 8.89. The van der Waals surface area contributed by atoms with E-state index in [-0.39, 0.29) is 46.1 Å². The molecule has 0 aliphatic carbocycles. The van der Waals surface area contributed by atoms with Gasteiger partial charge in [0.1, 0.15) is 0 Å². The van der Waals surface area contributed by atoms with Crippen molar-refractivity contribution in [1.82, 2.24) is 0 Å². The van der Waals surface area contributed by atoms with Gasteiger partial charge in [0.2, 0.25) is 0 Å². The smallest absolute Gasteiger partial charge is 0.550 e. The third-order valence-corrected chi connectivity index (χ3v) is 0. The van der Waals surface area contributed by atoms with Gasteiger partial charge in [0.25, 0.3) is 0 Å². The first-order chi connectivity index (χ1) is 6.93. The molecule has 0 aliphatic heterocycles. The van der Waals surface area contributed by atoms with E-state index >= 15 is 0 Å². The molecule has 0 fully saturated rings. The summed E-state index contributed by atoms with van der Waals surface area (Å²) in [5.74, 6) is -2.17. The van der Waals surface area contributed by atoms with E-state index in [1.165, 1.54) is 0 Å². The van der Waals surface area contributed by atoms with Gasteiger partial charge in [-0.25, -0.2) is 0 Å². The molecule has 0 saturated carbocycles. The van der Waals surface area contributed by atoms with Crippen molar-refractivity contribution in [2.75, 3.05) is 0 Å². The Morgan fingerprint density at radius 1 is 0.722 bits per heavy atom. The van der Waals surface area contributed by atoms with Crippen LogP contribution in [0.15, 0.2) is 0 Å². The number of carboxylic acids is 2. The Balaban J connectivity index is -0.0000000257. The summed E-state index contributed by atoms with van der Waals surface area (Å²) in [6.07, 6.45) is 0. The summed E-state index contributed by atoms with van der Waals surface area (Å²) in [6.45, 7) is 1.94. The standard InChI is InChI=1S/2C2H4O2.2Mg.2NO3/c2*1-2(3)4;;;2*2-1(3)4/h2*1H3,(H,3,4);;;;/q;;2*+2;2*-1/p-2. The Bertz CT molecular complexity index is 170. The van der Waals surface area contributed by atoms with Crippen LogP contribution in [0.5, 0.6) is 0 Å². The zero-order valence-electron chi connectivity index (χ0n) is 9.39. The van der Waals surface area contributed by atoms with E-state index in [0.29, 0.717) is 0 Å². The number of nitrogens with zero attached hydrogens (tertiary/aromatic N) is 2. The molecule has 0 spiro atoms. The molecule has 12 nitrogen and oxygen atoms in total. The van der Waals surface area contributed by atoms with Gasteiger partial charge < -0.3 is 50.4 Å². The van der Waals surface area contributed by atoms with Gasteiger partial charge in [-0.3, -0.25) is 0 Å². The maximum Gasteiger partial charge on any atom is 2.00 e. The van der Waals surface area contributed by atoms with Crippen molar-refractivity contribution < 1.29 is 30.0 Å². The van der Waals surface area contributed by atoms with E-state index in [2.05, 4.69) is 0 Å². The van der Waals surface area contributed by atoms with Gasteiger partial charge in [-0.1, -0.05) is 0 Å². The summed E-state index contributed by atoms with van der Waals surface area (Å²) >= 11 is 0. The Morgan fingerprint density at radius 2 is 0.722 bits per heavy atom. The second kappa shape index (κ2) is 29.7. The molecule has 0 unspecified atom stereocenters. The molecule has 0 N–H and O–H groups in total. The van der Waals surface area contributed by atoms with E-state index in [9.17, 15) is 0 Å². The van der Waals surface area contributed by atoms with Crippen molar-refractivity contribution in [2.24, 2.45) is 0 Å². The van der Waals surface area contributed by atoms with Crippen molar-refractivity contribution in [3.63, 3.8) is 0 Å². The van der Waals surface area contributed by atoms with Gasteiger partial charge in [-0.05, 0) is 13.8 Å². The van der Waals surface area contributed by atoms with Crippen LogP contribution in [0.3, 0.4) is 0 Å². The molecule has 96 valence electrons. The molecule has 0 aromatic heterocycles. The Kier molecular flexibility index (Phi) is 59.3. The van der Waals surface area contributed by atoms with Crippen LogP contribution in [0.1, 0.15) is 13.8 Å². The number of carboxylic acid groups (broad SMARTS) is 2. The van der Waals surface area contributed by atoms with Crippen molar-refractivity contribution in [3.8, 4) is 0 Å². The van der Waals surface area contributed by atoms with E-state index in [1.807, 2.05) is 0 Å². The largest absolute Gasteiger partial charge is 2.00 e. The van der Waals surface area contributed by atoms with Gasteiger partial charge in [0.05, 0.1) is 10.2 Å². The van der Waals surface area contributed by atoms with Gasteiger partial charge >= 0.3 is 46.1 Å². The summed E-state index contributed by atoms with van der Waals surface area (Å²) in [5.41, 5.74) is 0. The molecule has 14 heteroatoms. The molecule has 0 aliphatic rings. The van der Waals surface area contributed by atoms with Crippen LogP contribution < -0.4 is 10.2 Å². The molecule has 0 aromatic rings. The third-order valence-electron chi connectivity index (χ3n) is 0. The zero-order valence-corrected chi connectivity index (χ0v) is 12.2. The van der Waals surface area contributed by atoms with E-state index in [0.717, 1.165) is 13.8 Å². The monoisotopic (exact) mass is 290 g/mol. The molecule has 18 heavy (non-hydrogen) atoms. The average Bonchev–Trinajstić information content (AvgIpc) is 1.76. The molecule has 0 rings (SSSR count). The van der Waals surface area contributed by atoms with Crippen molar-refractivity contribution in [3.05, 3.63) is 30.6 Å². The van der Waals surface area contributed by atoms with Gasteiger partial charge in [-0.2, -0.15) is 0 Å². The van der Waals surface area contributed by atoms with Gasteiger partial charge in [0.15, 0.2) is 0 Å². The average molecular weight is 291 g/mol. The summed E-state index contributed by atoms with van der Waals surface area (Å²) in [6, 6.07) is 0. The number of aliphatic carboxylic acids is 2. The van der Waals surface area contributed by atoms with Crippen molar-refractivity contribution >= 4 is 58.0 Å². The number of rotatable bonds is 0. The fraction of sp³-hybridized carbons (Fsp3) is 0.500. The number of hydrogen-bond donors (Lipinski definition) is 0. The van der Waals surface area contributed by atoms with E-state index in [4.69, 9.17) is 50.4 Å². The number of carbonyl (C=O) groups is 2. The normalized spacial score (nSPS) is 5.44. The summed E-state index contributed by atoms with van der Waals surface area (Å²) in [5, 5.41) is 47.3. The van der Waals surface area contributed by atoms with Crippen molar-refractivity contribution in [2.45, 2.75) is 13.8 Å². The number of hydrogen-bond acceptors (Lipinski definition) is 10. The summed E-state index contributed by atoms with van der Waals surface area (Å²) in [7, 11) is 0. The predicted octanol–water partition coefficient (Wildman–Crippen LogP) is -3.73. The Labute approximate surface area is 132 Å². The van der Waals surface area contributed by atoms with Crippen LogP contribution >= 0.6 is 0 Å². The van der Waals surface area contributed by atoms with Gasteiger partial charge in [-0.15, -0.1) is 0 Å². The second-order valence-electron chi connectivity index (χ2n) is 1.43.